The van der Waals surface area contributed by atoms with Crippen molar-refractivity contribution in [1.82, 2.24) is 14.8 Å². The van der Waals surface area contributed by atoms with E-state index in [1.165, 1.54) is 0 Å². The normalized spacial score (nSPS) is 17.0. The Morgan fingerprint density at radius 1 is 1.42 bits per heavy atom. The molecule has 0 aliphatic heterocycles. The number of hydrogen-bond donors (Lipinski definition) is 1. The van der Waals surface area contributed by atoms with E-state index in [4.69, 9.17) is 14.0 Å². The van der Waals surface area contributed by atoms with E-state index in [9.17, 15) is 0 Å². The molecule has 0 fully saturated rings. The lowest BCUT2D eigenvalue weighted by molar-refractivity contribution is 0.878. The van der Waals surface area contributed by atoms with Crippen molar-refractivity contribution in [3.63, 3.8) is 0 Å². The minimum atomic E-state index is -0.494. The SMILES string of the molecule is [2H]c1nc([2H])c([2H])c(-n2nc([2H])c(N)c2[2H])c1[2H]. The molecule has 0 spiro atoms. The summed E-state index contributed by atoms with van der Waals surface area (Å²) in [4.78, 5) is 3.40. The van der Waals surface area contributed by atoms with Crippen LogP contribution < -0.4 is 5.73 Å². The van der Waals surface area contributed by atoms with Crippen molar-refractivity contribution in [2.75, 3.05) is 5.73 Å². The van der Waals surface area contributed by atoms with E-state index >= 15 is 0 Å². The number of rotatable bonds is 1. The number of aromatic nitrogens is 3. The summed E-state index contributed by atoms with van der Waals surface area (Å²) in [6.45, 7) is 0. The molecule has 0 bridgehead atoms. The molecule has 0 radical (unpaired) electrons. The van der Waals surface area contributed by atoms with Crippen LogP contribution in [0.4, 0.5) is 5.69 Å². The quantitative estimate of drug-likeness (QED) is 0.683. The monoisotopic (exact) mass is 166 g/mol. The van der Waals surface area contributed by atoms with Gasteiger partial charge in [-0.25, -0.2) is 4.68 Å². The molecule has 0 saturated heterocycles. The van der Waals surface area contributed by atoms with Gasteiger partial charge in [-0.2, -0.15) is 5.10 Å². The molecular formula is C8H8N4. The summed E-state index contributed by atoms with van der Waals surface area (Å²) >= 11 is 0. The van der Waals surface area contributed by atoms with Gasteiger partial charge in [-0.3, -0.25) is 4.98 Å². The maximum absolute atomic E-state index is 7.65. The van der Waals surface area contributed by atoms with Crippen LogP contribution in [0.1, 0.15) is 8.22 Å². The van der Waals surface area contributed by atoms with E-state index in [-0.39, 0.29) is 23.7 Å². The van der Waals surface area contributed by atoms with Gasteiger partial charge in [-0.1, -0.05) is 0 Å². The average molecular weight is 166 g/mol. The van der Waals surface area contributed by atoms with Crippen LogP contribution in [0.3, 0.4) is 0 Å². The van der Waals surface area contributed by atoms with Crippen LogP contribution in [0, 0.1) is 0 Å². The Hall–Kier alpha value is -1.84. The Labute approximate surface area is 78.1 Å². The summed E-state index contributed by atoms with van der Waals surface area (Å²) in [7, 11) is 0. The van der Waals surface area contributed by atoms with Gasteiger partial charge in [-0.05, 0) is 12.1 Å². The number of hydrogen-bond acceptors (Lipinski definition) is 3. The van der Waals surface area contributed by atoms with Gasteiger partial charge in [0, 0.05) is 12.3 Å². The molecule has 0 aliphatic rings. The topological polar surface area (TPSA) is 56.7 Å². The summed E-state index contributed by atoms with van der Waals surface area (Å²) in [5, 5.41) is 3.62. The summed E-state index contributed by atoms with van der Waals surface area (Å²) in [6, 6.07) is -0.876. The van der Waals surface area contributed by atoms with Crippen LogP contribution >= 0.6 is 0 Å². The first-order valence-electron chi connectivity index (χ1n) is 6.11. The van der Waals surface area contributed by atoms with Crippen LogP contribution in [0.25, 0.3) is 5.69 Å². The number of pyridine rings is 1. The number of nitrogens with zero attached hydrogens (tertiary/aromatic N) is 3. The molecule has 12 heavy (non-hydrogen) atoms. The Bertz CT molecular complexity index is 611. The van der Waals surface area contributed by atoms with Crippen molar-refractivity contribution in [1.29, 1.82) is 0 Å². The molecule has 0 saturated carbocycles. The summed E-state index contributed by atoms with van der Waals surface area (Å²) in [5.41, 5.74) is 4.99. The van der Waals surface area contributed by atoms with Crippen molar-refractivity contribution in [3.05, 3.63) is 36.8 Å². The van der Waals surface area contributed by atoms with Crippen LogP contribution in [0.2, 0.25) is 0 Å². The predicted molar refractivity (Wildman–Crippen MR) is 45.8 cm³/mol. The van der Waals surface area contributed by atoms with Crippen LogP contribution in [0.5, 0.6) is 0 Å². The average Bonchev–Trinajstić information content (AvgIpc) is 2.55. The molecule has 4 nitrogen and oxygen atoms in total. The predicted octanol–water partition coefficient (Wildman–Crippen LogP) is 0.849. The third-order valence-electron chi connectivity index (χ3n) is 1.17. The molecule has 0 aliphatic carbocycles. The third kappa shape index (κ3) is 1.14. The summed E-state index contributed by atoms with van der Waals surface area (Å²) in [5.74, 6) is 0. The first-order chi connectivity index (χ1) is 8.34. The molecule has 0 aromatic carbocycles. The largest absolute Gasteiger partial charge is 0.396 e. The van der Waals surface area contributed by atoms with Crippen molar-refractivity contribution in [2.24, 2.45) is 0 Å². The van der Waals surface area contributed by atoms with Crippen LogP contribution in [-0.2, 0) is 0 Å². The fourth-order valence-corrected chi connectivity index (χ4v) is 0.701. The molecule has 2 aromatic rings. The minimum Gasteiger partial charge on any atom is -0.396 e. The van der Waals surface area contributed by atoms with E-state index in [0.29, 0.717) is 0 Å². The molecule has 4 heteroatoms. The molecule has 2 rings (SSSR count). The van der Waals surface area contributed by atoms with Crippen LogP contribution in [-0.4, -0.2) is 14.8 Å². The molecule has 0 atom stereocenters. The highest BCUT2D eigenvalue weighted by molar-refractivity contribution is 5.36. The summed E-state index contributed by atoms with van der Waals surface area (Å²) in [6.07, 6.45) is -1.70. The van der Waals surface area contributed by atoms with Gasteiger partial charge >= 0.3 is 0 Å². The molecule has 2 N–H and O–H groups in total. The highest BCUT2D eigenvalue weighted by atomic mass is 15.3. The van der Waals surface area contributed by atoms with E-state index < -0.39 is 24.4 Å². The van der Waals surface area contributed by atoms with Gasteiger partial charge in [0.25, 0.3) is 0 Å². The van der Waals surface area contributed by atoms with Crippen molar-refractivity contribution >= 4 is 5.69 Å². The van der Waals surface area contributed by atoms with E-state index in [1.54, 1.807) is 0 Å². The first kappa shape index (κ1) is 2.90. The fraction of sp³-hybridized carbons (Fsp3) is 0. The molecule has 0 unspecified atom stereocenters. The zero-order valence-electron chi connectivity index (χ0n) is 11.9. The summed E-state index contributed by atoms with van der Waals surface area (Å²) < 4.78 is 45.9. The Kier molecular flexibility index (Phi) is 0.640. The standard InChI is InChI=1S/C8H8N4/c9-7-5-11-12(6-7)8-1-3-10-4-2-8/h1-6H,9H2/i1D,2D,3D,4D,5D,6D. The molecule has 60 valence electrons. The Morgan fingerprint density at radius 3 is 2.75 bits per heavy atom. The van der Waals surface area contributed by atoms with Crippen LogP contribution in [0.15, 0.2) is 36.8 Å². The zero-order chi connectivity index (χ0) is 13.6. The van der Waals surface area contributed by atoms with Crippen molar-refractivity contribution < 1.29 is 8.22 Å². The second-order valence-corrected chi connectivity index (χ2v) is 1.98. The second kappa shape index (κ2) is 2.65. The highest BCUT2D eigenvalue weighted by Gasteiger charge is 1.95. The lowest BCUT2D eigenvalue weighted by Crippen LogP contribution is -1.93. The minimum absolute atomic E-state index is 0.191. The Morgan fingerprint density at radius 2 is 2.17 bits per heavy atom. The van der Waals surface area contributed by atoms with E-state index in [0.717, 1.165) is 4.68 Å². The fourth-order valence-electron chi connectivity index (χ4n) is 0.701. The highest BCUT2D eigenvalue weighted by Crippen LogP contribution is 2.06. The van der Waals surface area contributed by atoms with Gasteiger partial charge in [0.2, 0.25) is 0 Å². The van der Waals surface area contributed by atoms with Gasteiger partial charge < -0.3 is 5.73 Å². The van der Waals surface area contributed by atoms with Gasteiger partial charge in [-0.15, -0.1) is 0 Å². The number of anilines is 1. The lowest BCUT2D eigenvalue weighted by Gasteiger charge is -1.97. The van der Waals surface area contributed by atoms with Gasteiger partial charge in [0.15, 0.2) is 0 Å². The molecule has 2 heterocycles. The molecular weight excluding hydrogens is 152 g/mol. The van der Waals surface area contributed by atoms with Gasteiger partial charge in [0.1, 0.15) is 0 Å². The smallest absolute Gasteiger partial charge is 0.0882 e. The van der Waals surface area contributed by atoms with Crippen molar-refractivity contribution in [2.45, 2.75) is 0 Å². The first-order valence-corrected chi connectivity index (χ1v) is 3.11. The van der Waals surface area contributed by atoms with E-state index in [2.05, 4.69) is 10.1 Å². The molecule has 0 amide bonds. The lowest BCUT2D eigenvalue weighted by atomic mass is 10.4. The second-order valence-electron chi connectivity index (χ2n) is 1.98. The molecule has 2 aromatic heterocycles. The number of nitrogens with two attached hydrogens (primary N) is 1. The van der Waals surface area contributed by atoms with E-state index in [1.807, 2.05) is 0 Å². The Balaban J connectivity index is 2.82. The maximum atomic E-state index is 7.65. The van der Waals surface area contributed by atoms with Crippen molar-refractivity contribution in [3.8, 4) is 5.69 Å². The number of nitrogen functional groups attached to an aromatic ring is 1. The maximum Gasteiger partial charge on any atom is 0.0882 e. The zero-order valence-corrected chi connectivity index (χ0v) is 5.92. The van der Waals surface area contributed by atoms with Gasteiger partial charge in [0.05, 0.1) is 31.9 Å². The third-order valence-corrected chi connectivity index (χ3v) is 1.17.